The summed E-state index contributed by atoms with van der Waals surface area (Å²) in [6, 6.07) is 6.79. The molecule has 2 heterocycles. The minimum absolute atomic E-state index is 0.00856. The van der Waals surface area contributed by atoms with E-state index < -0.39 is 23.1 Å². The molecule has 1 aromatic carbocycles. The number of carboxylic acid groups (broad SMARTS) is 1. The van der Waals surface area contributed by atoms with Gasteiger partial charge in [0.25, 0.3) is 0 Å². The average Bonchev–Trinajstić information content (AvgIpc) is 3.07. The summed E-state index contributed by atoms with van der Waals surface area (Å²) in [6.45, 7) is 1.71. The molecule has 1 aliphatic heterocycles. The summed E-state index contributed by atoms with van der Waals surface area (Å²) in [5, 5.41) is 8.97. The summed E-state index contributed by atoms with van der Waals surface area (Å²) in [5.74, 6) is -2.04. The van der Waals surface area contributed by atoms with Crippen LogP contribution in [0.5, 0.6) is 0 Å². The van der Waals surface area contributed by atoms with Crippen molar-refractivity contribution >= 4 is 18.0 Å². The van der Waals surface area contributed by atoms with Gasteiger partial charge in [-0.05, 0) is 48.9 Å². The predicted octanol–water partition coefficient (Wildman–Crippen LogP) is 2.95. The third kappa shape index (κ3) is 2.52. The monoisotopic (exact) mass is 324 g/mol. The van der Waals surface area contributed by atoms with Gasteiger partial charge in [0.05, 0.1) is 11.3 Å². The molecule has 1 unspecified atom stereocenters. The minimum atomic E-state index is -1.41. The summed E-state index contributed by atoms with van der Waals surface area (Å²) < 4.78 is 13.6. The SMILES string of the molecule is Cc1ccc(F)cc1C(=O)C1(c2ccc(C(=O)O)cn2)C=CC=N1. The van der Waals surface area contributed by atoms with Crippen LogP contribution in [0.4, 0.5) is 4.39 Å². The van der Waals surface area contributed by atoms with Crippen LogP contribution in [-0.2, 0) is 5.54 Å². The number of Topliss-reactive ketones (excluding diaryl/α,β-unsaturated/α-hetero) is 1. The van der Waals surface area contributed by atoms with E-state index >= 15 is 0 Å². The molecule has 0 aliphatic carbocycles. The number of halogens is 1. The number of pyridine rings is 1. The molecule has 0 fully saturated rings. The highest BCUT2D eigenvalue weighted by atomic mass is 19.1. The van der Waals surface area contributed by atoms with Crippen molar-refractivity contribution in [2.24, 2.45) is 4.99 Å². The number of carbonyl (C=O) groups excluding carboxylic acids is 1. The van der Waals surface area contributed by atoms with Crippen LogP contribution in [0.25, 0.3) is 0 Å². The predicted molar refractivity (Wildman–Crippen MR) is 86.0 cm³/mol. The maximum atomic E-state index is 13.6. The van der Waals surface area contributed by atoms with Crippen LogP contribution in [0.1, 0.15) is 32.0 Å². The smallest absolute Gasteiger partial charge is 0.337 e. The van der Waals surface area contributed by atoms with Gasteiger partial charge in [0.15, 0.2) is 5.54 Å². The minimum Gasteiger partial charge on any atom is -0.478 e. The Labute approximate surface area is 137 Å². The van der Waals surface area contributed by atoms with Gasteiger partial charge in [-0.15, -0.1) is 0 Å². The lowest BCUT2D eigenvalue weighted by Crippen LogP contribution is -2.32. The molecule has 1 N–H and O–H groups in total. The number of aryl methyl sites for hydroxylation is 1. The first-order chi connectivity index (χ1) is 11.4. The maximum absolute atomic E-state index is 13.6. The summed E-state index contributed by atoms with van der Waals surface area (Å²) in [4.78, 5) is 32.4. The molecule has 24 heavy (non-hydrogen) atoms. The Morgan fingerprint density at radius 2 is 2.00 bits per heavy atom. The topological polar surface area (TPSA) is 79.6 Å². The number of ketones is 1. The number of allylic oxidation sites excluding steroid dienone is 1. The van der Waals surface area contributed by atoms with Gasteiger partial charge in [0.2, 0.25) is 5.78 Å². The van der Waals surface area contributed by atoms with Gasteiger partial charge in [-0.1, -0.05) is 6.07 Å². The molecular formula is C18H13FN2O3. The first kappa shape index (κ1) is 15.7. The standard InChI is InChI=1S/C18H13FN2O3/c1-11-3-5-13(19)9-14(11)16(22)18(7-2-8-21-18)15-6-4-12(10-20-15)17(23)24/h2-10H,1H3,(H,23,24). The third-order valence-corrected chi connectivity index (χ3v) is 3.89. The van der Waals surface area contributed by atoms with Crippen molar-refractivity contribution in [1.82, 2.24) is 4.98 Å². The van der Waals surface area contributed by atoms with E-state index in [1.165, 1.54) is 42.7 Å². The first-order valence-electron chi connectivity index (χ1n) is 7.18. The zero-order valence-electron chi connectivity index (χ0n) is 12.7. The van der Waals surface area contributed by atoms with Gasteiger partial charge in [-0.3, -0.25) is 14.8 Å². The van der Waals surface area contributed by atoms with E-state index in [9.17, 15) is 14.0 Å². The number of hydrogen-bond acceptors (Lipinski definition) is 4. The molecule has 0 spiro atoms. The number of carbonyl (C=O) groups is 2. The molecule has 6 heteroatoms. The average molecular weight is 324 g/mol. The zero-order chi connectivity index (χ0) is 17.3. The Balaban J connectivity index is 2.11. The van der Waals surface area contributed by atoms with Crippen molar-refractivity contribution in [2.45, 2.75) is 12.5 Å². The molecule has 0 saturated carbocycles. The number of aliphatic imine (C=N–C) groups is 1. The van der Waals surface area contributed by atoms with Gasteiger partial charge in [0, 0.05) is 18.0 Å². The van der Waals surface area contributed by atoms with Crippen LogP contribution in [0.15, 0.2) is 53.7 Å². The quantitative estimate of drug-likeness (QED) is 0.877. The van der Waals surface area contributed by atoms with E-state index in [0.717, 1.165) is 0 Å². The summed E-state index contributed by atoms with van der Waals surface area (Å²) in [6.07, 6.45) is 5.83. The van der Waals surface area contributed by atoms with Gasteiger partial charge < -0.3 is 5.11 Å². The third-order valence-electron chi connectivity index (χ3n) is 3.89. The van der Waals surface area contributed by atoms with Gasteiger partial charge in [-0.25, -0.2) is 9.18 Å². The lowest BCUT2D eigenvalue weighted by Gasteiger charge is -2.23. The molecule has 1 aromatic heterocycles. The molecule has 5 nitrogen and oxygen atoms in total. The molecule has 3 rings (SSSR count). The highest BCUT2D eigenvalue weighted by Crippen LogP contribution is 2.34. The lowest BCUT2D eigenvalue weighted by atomic mass is 9.85. The molecule has 0 amide bonds. The molecule has 120 valence electrons. The summed E-state index contributed by atoms with van der Waals surface area (Å²) in [7, 11) is 0. The van der Waals surface area contributed by atoms with Crippen LogP contribution in [0.2, 0.25) is 0 Å². The van der Waals surface area contributed by atoms with Crippen molar-refractivity contribution in [3.05, 3.63) is 76.9 Å². The van der Waals surface area contributed by atoms with Crippen LogP contribution in [-0.4, -0.2) is 28.1 Å². The van der Waals surface area contributed by atoms with E-state index in [1.54, 1.807) is 19.1 Å². The maximum Gasteiger partial charge on any atom is 0.337 e. The van der Waals surface area contributed by atoms with E-state index in [4.69, 9.17) is 5.11 Å². The van der Waals surface area contributed by atoms with E-state index in [1.807, 2.05) is 0 Å². The second-order valence-electron chi connectivity index (χ2n) is 5.43. The Kier molecular flexibility index (Phi) is 3.81. The fourth-order valence-electron chi connectivity index (χ4n) is 2.58. The molecule has 0 bridgehead atoms. The molecule has 0 radical (unpaired) electrons. The highest BCUT2D eigenvalue weighted by molar-refractivity contribution is 6.08. The van der Waals surface area contributed by atoms with Crippen molar-refractivity contribution in [1.29, 1.82) is 0 Å². The van der Waals surface area contributed by atoms with Crippen molar-refractivity contribution in [3.8, 4) is 0 Å². The number of nitrogens with zero attached hydrogens (tertiary/aromatic N) is 2. The lowest BCUT2D eigenvalue weighted by molar-refractivity contribution is 0.0696. The van der Waals surface area contributed by atoms with Gasteiger partial charge in [-0.2, -0.15) is 0 Å². The molecule has 0 saturated heterocycles. The molecule has 2 aromatic rings. The number of hydrogen-bond donors (Lipinski definition) is 1. The van der Waals surface area contributed by atoms with Gasteiger partial charge >= 0.3 is 5.97 Å². The Morgan fingerprint density at radius 1 is 1.21 bits per heavy atom. The van der Waals surface area contributed by atoms with Crippen LogP contribution in [0.3, 0.4) is 0 Å². The van der Waals surface area contributed by atoms with Crippen LogP contribution in [0, 0.1) is 12.7 Å². The van der Waals surface area contributed by atoms with E-state index in [2.05, 4.69) is 9.98 Å². The highest BCUT2D eigenvalue weighted by Gasteiger charge is 2.41. The first-order valence-corrected chi connectivity index (χ1v) is 7.18. The second kappa shape index (κ2) is 5.81. The van der Waals surface area contributed by atoms with E-state index in [0.29, 0.717) is 5.56 Å². The largest absolute Gasteiger partial charge is 0.478 e. The fourth-order valence-corrected chi connectivity index (χ4v) is 2.58. The molecule has 1 atom stereocenters. The Hall–Kier alpha value is -3.15. The normalized spacial score (nSPS) is 18.8. The summed E-state index contributed by atoms with van der Waals surface area (Å²) >= 11 is 0. The number of rotatable bonds is 4. The van der Waals surface area contributed by atoms with E-state index in [-0.39, 0.29) is 16.8 Å². The number of carboxylic acids is 1. The Morgan fingerprint density at radius 3 is 2.58 bits per heavy atom. The number of benzene rings is 1. The zero-order valence-corrected chi connectivity index (χ0v) is 12.7. The molecular weight excluding hydrogens is 311 g/mol. The van der Waals surface area contributed by atoms with Crippen molar-refractivity contribution < 1.29 is 19.1 Å². The van der Waals surface area contributed by atoms with Crippen molar-refractivity contribution in [3.63, 3.8) is 0 Å². The van der Waals surface area contributed by atoms with Crippen LogP contribution < -0.4 is 0 Å². The second-order valence-corrected chi connectivity index (χ2v) is 5.43. The van der Waals surface area contributed by atoms with Gasteiger partial charge in [0.1, 0.15) is 5.82 Å². The fraction of sp³-hybridized carbons (Fsp3) is 0.111. The molecule has 1 aliphatic rings. The van der Waals surface area contributed by atoms with Crippen molar-refractivity contribution in [2.75, 3.05) is 0 Å². The number of aromatic nitrogens is 1. The van der Waals surface area contributed by atoms with Crippen LogP contribution >= 0.6 is 0 Å². The Bertz CT molecular complexity index is 874. The number of aromatic carboxylic acids is 1. The summed E-state index contributed by atoms with van der Waals surface area (Å²) in [5.41, 5.74) is -0.281.